The Morgan fingerprint density at radius 2 is 1.62 bits per heavy atom. The van der Waals surface area contributed by atoms with Gasteiger partial charge in [-0.25, -0.2) is 0 Å². The molecular weight excluding hydrogens is 264 g/mol. The molecule has 0 radical (unpaired) electrons. The van der Waals surface area contributed by atoms with Gasteiger partial charge in [0.2, 0.25) is 0 Å². The highest BCUT2D eigenvalue weighted by molar-refractivity contribution is 8.04. The van der Waals surface area contributed by atoms with Gasteiger partial charge in [-0.2, -0.15) is 16.8 Å². The molecule has 1 atom stereocenters. The van der Waals surface area contributed by atoms with Crippen LogP contribution in [-0.2, 0) is 38.1 Å². The van der Waals surface area contributed by atoms with Crippen LogP contribution in [0.25, 0.3) is 0 Å². The normalized spacial score (nSPS) is 14.4. The highest BCUT2D eigenvalue weighted by Crippen LogP contribution is 2.15. The first kappa shape index (κ1) is 15.3. The fourth-order valence-electron chi connectivity index (χ4n) is 0.767. The monoisotopic (exact) mass is 276 g/mol. The maximum atomic E-state index is 11.3. The van der Waals surface area contributed by atoms with Gasteiger partial charge in [0.05, 0.1) is 6.61 Å². The van der Waals surface area contributed by atoms with Gasteiger partial charge < -0.3 is 8.92 Å². The van der Waals surface area contributed by atoms with Crippen molar-refractivity contribution >= 4 is 26.7 Å². The summed E-state index contributed by atoms with van der Waals surface area (Å²) in [6.07, 6.45) is 0. The first-order valence-electron chi connectivity index (χ1n) is 4.17. The highest BCUT2D eigenvalue weighted by Gasteiger charge is 2.41. The number of carbonyl (C=O) groups excluding carboxylic acids is 1. The van der Waals surface area contributed by atoms with E-state index < -0.39 is 31.5 Å². The minimum absolute atomic E-state index is 0.210. The highest BCUT2D eigenvalue weighted by atomic mass is 32.3. The minimum Gasteiger partial charge on any atom is -0.346 e. The van der Waals surface area contributed by atoms with Gasteiger partial charge in [0.15, 0.2) is 0 Å². The number of rotatable bonds is 8. The summed E-state index contributed by atoms with van der Waals surface area (Å²) in [7, 11) is -9.23. The molecular formula is C6H12O8S2. The van der Waals surface area contributed by atoms with Gasteiger partial charge in [0, 0.05) is 6.61 Å². The number of carbonyl (C=O) groups is 1. The van der Waals surface area contributed by atoms with Crippen LogP contribution >= 0.6 is 0 Å². The molecule has 0 fully saturated rings. The van der Waals surface area contributed by atoms with Crippen molar-refractivity contribution in [2.75, 3.05) is 13.2 Å². The molecule has 96 valence electrons. The largest absolute Gasteiger partial charge is 0.356 e. The molecule has 0 spiro atoms. The molecule has 0 aliphatic carbocycles. The maximum absolute atomic E-state index is 11.3. The molecule has 0 aromatic carbocycles. The van der Waals surface area contributed by atoms with Crippen molar-refractivity contribution in [1.29, 1.82) is 0 Å². The molecule has 0 bridgehead atoms. The van der Waals surface area contributed by atoms with Crippen LogP contribution in [0.4, 0.5) is 0 Å². The lowest BCUT2D eigenvalue weighted by molar-refractivity contribution is -0.120. The Morgan fingerprint density at radius 1 is 1.06 bits per heavy atom. The van der Waals surface area contributed by atoms with E-state index in [1.807, 2.05) is 0 Å². The van der Waals surface area contributed by atoms with Crippen LogP contribution in [0.2, 0.25) is 0 Å². The van der Waals surface area contributed by atoms with Crippen LogP contribution in [0.15, 0.2) is 0 Å². The summed E-state index contributed by atoms with van der Waals surface area (Å²) in [5.74, 6) is 0. The molecule has 0 aliphatic rings. The van der Waals surface area contributed by atoms with E-state index in [-0.39, 0.29) is 13.2 Å². The summed E-state index contributed by atoms with van der Waals surface area (Å²) in [5, 5.41) is 0. The van der Waals surface area contributed by atoms with E-state index in [1.165, 1.54) is 13.8 Å². The Hall–Kier alpha value is -0.710. The maximum Gasteiger partial charge on any atom is 0.356 e. The zero-order chi connectivity index (χ0) is 12.8. The molecule has 0 N–H and O–H groups in total. The van der Waals surface area contributed by atoms with Crippen molar-refractivity contribution in [3.63, 3.8) is 0 Å². The molecule has 0 aromatic heterocycles. The molecule has 16 heavy (non-hydrogen) atoms. The summed E-state index contributed by atoms with van der Waals surface area (Å²) in [5.41, 5.74) is 0. The van der Waals surface area contributed by atoms with Gasteiger partial charge >= 0.3 is 31.5 Å². The molecule has 10 heteroatoms. The van der Waals surface area contributed by atoms with Crippen molar-refractivity contribution in [1.82, 2.24) is 0 Å². The predicted octanol–water partition coefficient (Wildman–Crippen LogP) is -0.824. The molecule has 0 rings (SSSR count). The molecule has 0 heterocycles. The van der Waals surface area contributed by atoms with Gasteiger partial charge in [0.25, 0.3) is 0 Å². The van der Waals surface area contributed by atoms with Crippen molar-refractivity contribution in [2.45, 2.75) is 18.6 Å². The van der Waals surface area contributed by atoms with E-state index in [9.17, 15) is 21.6 Å². The topological polar surface area (TPSA) is 113 Å². The molecule has 0 saturated heterocycles. The van der Waals surface area contributed by atoms with Crippen molar-refractivity contribution in [3.8, 4) is 0 Å². The Labute approximate surface area is 93.7 Å². The second kappa shape index (κ2) is 6.13. The molecule has 0 aromatic rings. The Bertz CT molecular complexity index is 408. The average Bonchev–Trinajstić information content (AvgIpc) is 2.13. The Balaban J connectivity index is 5.24. The third-order valence-electron chi connectivity index (χ3n) is 1.23. The van der Waals surface area contributed by atoms with E-state index in [2.05, 4.69) is 13.1 Å². The SMILES string of the molecule is CCOC(S(=O)(=O)OC=O)S(=O)(=O)OCC. The first-order valence-corrected chi connectivity index (χ1v) is 7.11. The Morgan fingerprint density at radius 3 is 2.00 bits per heavy atom. The quantitative estimate of drug-likeness (QED) is 0.417. The first-order chi connectivity index (χ1) is 7.31. The van der Waals surface area contributed by atoms with Gasteiger partial charge in [0.1, 0.15) is 0 Å². The fraction of sp³-hybridized carbons (Fsp3) is 0.833. The van der Waals surface area contributed by atoms with E-state index in [0.29, 0.717) is 0 Å². The van der Waals surface area contributed by atoms with Crippen molar-refractivity contribution in [2.24, 2.45) is 0 Å². The zero-order valence-corrected chi connectivity index (χ0v) is 10.3. The van der Waals surface area contributed by atoms with Crippen LogP contribution in [-0.4, -0.2) is 41.3 Å². The average molecular weight is 276 g/mol. The molecule has 0 saturated carbocycles. The Kier molecular flexibility index (Phi) is 5.86. The molecule has 0 amide bonds. The van der Waals surface area contributed by atoms with Gasteiger partial charge in [-0.15, -0.1) is 0 Å². The summed E-state index contributed by atoms with van der Waals surface area (Å²) >= 11 is 0. The smallest absolute Gasteiger partial charge is 0.346 e. The van der Waals surface area contributed by atoms with Crippen LogP contribution in [0, 0.1) is 0 Å². The summed E-state index contributed by atoms with van der Waals surface area (Å²) < 4.78 is 55.1. The number of hydrogen-bond donors (Lipinski definition) is 0. The third kappa shape index (κ3) is 4.04. The second-order valence-corrected chi connectivity index (χ2v) is 5.88. The molecule has 8 nitrogen and oxygen atoms in total. The van der Waals surface area contributed by atoms with Crippen molar-refractivity contribution < 1.29 is 34.7 Å². The van der Waals surface area contributed by atoms with Crippen molar-refractivity contribution in [3.05, 3.63) is 0 Å². The summed E-state index contributed by atoms with van der Waals surface area (Å²) in [6, 6.07) is 0. The van der Waals surface area contributed by atoms with E-state index in [0.717, 1.165) is 0 Å². The van der Waals surface area contributed by atoms with Gasteiger partial charge in [-0.3, -0.25) is 8.98 Å². The van der Waals surface area contributed by atoms with Crippen LogP contribution < -0.4 is 0 Å². The standard InChI is InChI=1S/C6H12O8S2/c1-3-12-6(15(8,9)13-4-2)16(10,11)14-5-7/h5-6H,3-4H2,1-2H3. The second-order valence-electron chi connectivity index (χ2n) is 2.33. The number of ether oxygens (including phenoxy) is 1. The third-order valence-corrected chi connectivity index (χ3v) is 4.77. The zero-order valence-electron chi connectivity index (χ0n) is 8.65. The summed E-state index contributed by atoms with van der Waals surface area (Å²) in [4.78, 5) is 9.92. The van der Waals surface area contributed by atoms with Crippen LogP contribution in [0.1, 0.15) is 13.8 Å². The van der Waals surface area contributed by atoms with E-state index in [1.54, 1.807) is 0 Å². The van der Waals surface area contributed by atoms with Crippen LogP contribution in [0.5, 0.6) is 0 Å². The predicted molar refractivity (Wildman–Crippen MR) is 52.0 cm³/mol. The lowest BCUT2D eigenvalue weighted by Crippen LogP contribution is -2.35. The molecule has 0 aliphatic heterocycles. The van der Waals surface area contributed by atoms with Crippen LogP contribution in [0.3, 0.4) is 0 Å². The lowest BCUT2D eigenvalue weighted by atomic mass is 10.9. The lowest BCUT2D eigenvalue weighted by Gasteiger charge is -2.14. The van der Waals surface area contributed by atoms with E-state index in [4.69, 9.17) is 0 Å². The van der Waals surface area contributed by atoms with Gasteiger partial charge in [-0.1, -0.05) is 0 Å². The fourth-order valence-corrected chi connectivity index (χ4v) is 3.47. The summed E-state index contributed by atoms with van der Waals surface area (Å²) in [6.45, 7) is 1.86. The number of hydrogen-bond acceptors (Lipinski definition) is 8. The molecule has 1 unspecified atom stereocenters. The van der Waals surface area contributed by atoms with E-state index >= 15 is 0 Å². The minimum atomic E-state index is -4.72. The van der Waals surface area contributed by atoms with Gasteiger partial charge in [-0.05, 0) is 13.8 Å².